The Bertz CT molecular complexity index is 747. The predicted molar refractivity (Wildman–Crippen MR) is 101 cm³/mol. The van der Waals surface area contributed by atoms with Crippen LogP contribution in [0.2, 0.25) is 4.34 Å². The van der Waals surface area contributed by atoms with Gasteiger partial charge in [0.05, 0.1) is 15.3 Å². The van der Waals surface area contributed by atoms with Gasteiger partial charge in [0.1, 0.15) is 0 Å². The molecule has 2 aromatic rings. The average Bonchev–Trinajstić information content (AvgIpc) is 3.06. The van der Waals surface area contributed by atoms with Crippen LogP contribution in [0.1, 0.15) is 34.1 Å². The van der Waals surface area contributed by atoms with Crippen LogP contribution in [0.25, 0.3) is 0 Å². The van der Waals surface area contributed by atoms with Crippen molar-refractivity contribution in [1.29, 1.82) is 0 Å². The normalized spacial score (nSPS) is 18.3. The summed E-state index contributed by atoms with van der Waals surface area (Å²) in [6, 6.07) is 13.6. The predicted octanol–water partition coefficient (Wildman–Crippen LogP) is 3.88. The van der Waals surface area contributed by atoms with E-state index in [4.69, 9.17) is 11.6 Å². The van der Waals surface area contributed by atoms with E-state index in [0.29, 0.717) is 15.8 Å². The molecular weight excluding hydrogens is 356 g/mol. The molecule has 1 aromatic carbocycles. The molecule has 1 amide bonds. The molecule has 1 atom stereocenters. The van der Waals surface area contributed by atoms with E-state index >= 15 is 0 Å². The summed E-state index contributed by atoms with van der Waals surface area (Å²) in [5.74, 6) is 0.0218. The van der Waals surface area contributed by atoms with Gasteiger partial charge in [0.25, 0.3) is 0 Å². The molecule has 0 bridgehead atoms. The average molecular weight is 377 g/mol. The molecule has 1 aromatic heterocycles. The highest BCUT2D eigenvalue weighted by Crippen LogP contribution is 2.27. The highest BCUT2D eigenvalue weighted by Gasteiger charge is 2.30. The molecule has 0 N–H and O–H groups in total. The topological polar surface area (TPSA) is 40.6 Å². The van der Waals surface area contributed by atoms with Crippen LogP contribution in [-0.4, -0.2) is 48.2 Å². The number of thiophene rings is 1. The number of nitrogens with zero attached hydrogens (tertiary/aromatic N) is 2. The van der Waals surface area contributed by atoms with Crippen molar-refractivity contribution in [2.75, 3.05) is 26.7 Å². The van der Waals surface area contributed by atoms with Gasteiger partial charge in [-0.05, 0) is 24.7 Å². The largest absolute Gasteiger partial charge is 0.333 e. The van der Waals surface area contributed by atoms with Crippen molar-refractivity contribution in [1.82, 2.24) is 9.80 Å². The Kier molecular flexibility index (Phi) is 5.89. The van der Waals surface area contributed by atoms with Gasteiger partial charge in [-0.1, -0.05) is 41.9 Å². The van der Waals surface area contributed by atoms with Gasteiger partial charge < -0.3 is 9.80 Å². The summed E-state index contributed by atoms with van der Waals surface area (Å²) in [6.45, 7) is 2.35. The van der Waals surface area contributed by atoms with Crippen molar-refractivity contribution in [3.05, 3.63) is 57.2 Å². The summed E-state index contributed by atoms with van der Waals surface area (Å²) >= 11 is 7.14. The number of piperazine rings is 1. The maximum absolute atomic E-state index is 12.8. The van der Waals surface area contributed by atoms with Crippen LogP contribution < -0.4 is 0 Å². The molecule has 1 fully saturated rings. The number of halogens is 1. The number of benzene rings is 1. The van der Waals surface area contributed by atoms with Gasteiger partial charge in [-0.2, -0.15) is 0 Å². The minimum absolute atomic E-state index is 0.0179. The third-order valence-electron chi connectivity index (χ3n) is 4.50. The molecule has 1 aliphatic rings. The second kappa shape index (κ2) is 8.13. The Labute approximate surface area is 157 Å². The van der Waals surface area contributed by atoms with Crippen LogP contribution in [0.15, 0.2) is 42.5 Å². The van der Waals surface area contributed by atoms with Crippen molar-refractivity contribution in [3.8, 4) is 0 Å². The molecule has 2 heterocycles. The first-order valence-electron chi connectivity index (χ1n) is 8.36. The van der Waals surface area contributed by atoms with E-state index in [0.717, 1.165) is 18.7 Å². The van der Waals surface area contributed by atoms with E-state index in [1.165, 1.54) is 11.3 Å². The summed E-state index contributed by atoms with van der Waals surface area (Å²) in [7, 11) is 2.07. The maximum atomic E-state index is 12.8. The molecule has 4 nitrogen and oxygen atoms in total. The van der Waals surface area contributed by atoms with Crippen LogP contribution in [-0.2, 0) is 4.79 Å². The first kappa shape index (κ1) is 18.1. The van der Waals surface area contributed by atoms with Crippen molar-refractivity contribution < 1.29 is 9.59 Å². The third kappa shape index (κ3) is 4.48. The summed E-state index contributed by atoms with van der Waals surface area (Å²) < 4.78 is 0.595. The quantitative estimate of drug-likeness (QED) is 0.743. The summed E-state index contributed by atoms with van der Waals surface area (Å²) in [6.07, 6.45) is 0.463. The Morgan fingerprint density at radius 1 is 1.12 bits per heavy atom. The lowest BCUT2D eigenvalue weighted by molar-refractivity contribution is -0.136. The number of carbonyl (C=O) groups excluding carboxylic acids is 2. The van der Waals surface area contributed by atoms with Gasteiger partial charge in [0.15, 0.2) is 5.78 Å². The van der Waals surface area contributed by atoms with Crippen molar-refractivity contribution >= 4 is 34.6 Å². The van der Waals surface area contributed by atoms with Gasteiger partial charge in [-0.25, -0.2) is 0 Å². The fraction of sp³-hybridized carbons (Fsp3) is 0.368. The van der Waals surface area contributed by atoms with E-state index in [2.05, 4.69) is 24.1 Å². The lowest BCUT2D eigenvalue weighted by atomic mass is 10.0. The van der Waals surface area contributed by atoms with Gasteiger partial charge >= 0.3 is 0 Å². The Hall–Kier alpha value is -1.69. The molecule has 0 saturated carbocycles. The second-order valence-electron chi connectivity index (χ2n) is 6.30. The Balaban J connectivity index is 1.66. The van der Waals surface area contributed by atoms with Gasteiger partial charge in [-0.3, -0.25) is 9.59 Å². The number of likely N-dealkylation sites (N-methyl/N-ethyl adjacent to an activating group) is 1. The highest BCUT2D eigenvalue weighted by atomic mass is 35.5. The van der Waals surface area contributed by atoms with Crippen molar-refractivity contribution in [2.45, 2.75) is 18.9 Å². The monoisotopic (exact) mass is 376 g/mol. The van der Waals surface area contributed by atoms with Crippen LogP contribution in [0, 0.1) is 0 Å². The fourth-order valence-corrected chi connectivity index (χ4v) is 4.14. The molecule has 3 rings (SSSR count). The number of rotatable bonds is 5. The number of ketones is 1. The molecule has 0 spiro atoms. The molecular formula is C19H21ClN2O2S. The second-order valence-corrected chi connectivity index (χ2v) is 8.02. The molecule has 6 heteroatoms. The van der Waals surface area contributed by atoms with Gasteiger partial charge in [0.2, 0.25) is 5.91 Å². The molecule has 0 aliphatic carbocycles. The SMILES string of the molecule is CN1CCN(C(=O)CCC(=O)c2ccc(Cl)s2)C(c2ccccc2)C1. The standard InChI is InChI=1S/C19H21ClN2O2S/c1-21-11-12-22(15(13-21)14-5-3-2-4-6-14)19(24)10-7-16(23)17-8-9-18(20)25-17/h2-6,8-9,15H,7,10-13H2,1H3. The third-order valence-corrected chi connectivity index (χ3v) is 5.77. The Morgan fingerprint density at radius 3 is 2.56 bits per heavy atom. The van der Waals surface area contributed by atoms with E-state index in [1.807, 2.05) is 23.1 Å². The number of Topliss-reactive ketones (excluding diaryl/α,β-unsaturated/α-hetero) is 1. The fourth-order valence-electron chi connectivity index (χ4n) is 3.13. The molecule has 1 aliphatic heterocycles. The Morgan fingerprint density at radius 2 is 1.88 bits per heavy atom. The summed E-state index contributed by atoms with van der Waals surface area (Å²) in [4.78, 5) is 29.8. The molecule has 1 unspecified atom stereocenters. The zero-order chi connectivity index (χ0) is 17.8. The zero-order valence-electron chi connectivity index (χ0n) is 14.2. The summed E-state index contributed by atoms with van der Waals surface area (Å²) in [5, 5.41) is 0. The number of carbonyl (C=O) groups is 2. The molecule has 1 saturated heterocycles. The minimum Gasteiger partial charge on any atom is -0.333 e. The van der Waals surface area contributed by atoms with E-state index in [1.54, 1.807) is 12.1 Å². The van der Waals surface area contributed by atoms with Crippen LogP contribution in [0.4, 0.5) is 0 Å². The van der Waals surface area contributed by atoms with Gasteiger partial charge in [-0.15, -0.1) is 11.3 Å². The van der Waals surface area contributed by atoms with E-state index in [-0.39, 0.29) is 30.6 Å². The number of amides is 1. The summed E-state index contributed by atoms with van der Waals surface area (Å²) in [5.41, 5.74) is 1.14. The lowest BCUT2D eigenvalue weighted by Crippen LogP contribution is -2.49. The first-order chi connectivity index (χ1) is 12.0. The minimum atomic E-state index is -0.0179. The smallest absolute Gasteiger partial charge is 0.223 e. The van der Waals surface area contributed by atoms with Crippen molar-refractivity contribution in [3.63, 3.8) is 0 Å². The van der Waals surface area contributed by atoms with E-state index in [9.17, 15) is 9.59 Å². The van der Waals surface area contributed by atoms with Gasteiger partial charge in [0, 0.05) is 32.5 Å². The maximum Gasteiger partial charge on any atom is 0.223 e. The van der Waals surface area contributed by atoms with Crippen LogP contribution in [0.3, 0.4) is 0 Å². The highest BCUT2D eigenvalue weighted by molar-refractivity contribution is 7.18. The van der Waals surface area contributed by atoms with E-state index < -0.39 is 0 Å². The van der Waals surface area contributed by atoms with Crippen LogP contribution >= 0.6 is 22.9 Å². The zero-order valence-corrected chi connectivity index (χ0v) is 15.7. The number of hydrogen-bond acceptors (Lipinski definition) is 4. The van der Waals surface area contributed by atoms with Crippen LogP contribution in [0.5, 0.6) is 0 Å². The van der Waals surface area contributed by atoms with Crippen molar-refractivity contribution in [2.24, 2.45) is 0 Å². The lowest BCUT2D eigenvalue weighted by Gasteiger charge is -2.40. The first-order valence-corrected chi connectivity index (χ1v) is 9.55. The molecule has 0 radical (unpaired) electrons. The molecule has 132 valence electrons. The number of hydrogen-bond donors (Lipinski definition) is 0. The molecule has 25 heavy (non-hydrogen) atoms.